The van der Waals surface area contributed by atoms with Crippen molar-refractivity contribution in [1.82, 2.24) is 10.2 Å². The van der Waals surface area contributed by atoms with Crippen LogP contribution in [0.15, 0.2) is 30.3 Å². The number of anilines is 1. The molecule has 0 aliphatic heterocycles. The van der Waals surface area contributed by atoms with E-state index >= 15 is 0 Å². The Labute approximate surface area is 91.9 Å². The average Bonchev–Trinajstić information content (AvgIpc) is 2.26. The van der Waals surface area contributed by atoms with E-state index in [0.29, 0.717) is 0 Å². The first-order valence-corrected chi connectivity index (χ1v) is 4.69. The van der Waals surface area contributed by atoms with Gasteiger partial charge in [0.05, 0.1) is 11.4 Å². The van der Waals surface area contributed by atoms with E-state index < -0.39 is 5.82 Å². The molecule has 2 N–H and O–H groups in total. The second-order valence-electron chi connectivity index (χ2n) is 3.27. The highest BCUT2D eigenvalue weighted by Gasteiger charge is 2.09. The van der Waals surface area contributed by atoms with Crippen molar-refractivity contribution < 1.29 is 9.13 Å². The van der Waals surface area contributed by atoms with Gasteiger partial charge < -0.3 is 10.5 Å². The molecule has 0 radical (unpaired) electrons. The van der Waals surface area contributed by atoms with E-state index in [4.69, 9.17) is 10.5 Å². The number of benzene rings is 1. The third kappa shape index (κ3) is 2.08. The van der Waals surface area contributed by atoms with Crippen LogP contribution in [0, 0.1) is 12.7 Å². The number of halogens is 1. The fraction of sp³-hybridized carbons (Fsp3) is 0.0909. The average molecular weight is 219 g/mol. The first kappa shape index (κ1) is 10.4. The van der Waals surface area contributed by atoms with Crippen LogP contribution in [0.3, 0.4) is 0 Å². The van der Waals surface area contributed by atoms with Crippen molar-refractivity contribution >= 4 is 5.69 Å². The van der Waals surface area contributed by atoms with E-state index in [1.165, 1.54) is 12.1 Å². The minimum Gasteiger partial charge on any atom is -0.432 e. The van der Waals surface area contributed by atoms with E-state index in [9.17, 15) is 4.39 Å². The summed E-state index contributed by atoms with van der Waals surface area (Å²) in [5.41, 5.74) is 6.57. The van der Waals surface area contributed by atoms with Gasteiger partial charge in [-0.2, -0.15) is 5.10 Å². The van der Waals surface area contributed by atoms with Crippen LogP contribution < -0.4 is 10.5 Å². The summed E-state index contributed by atoms with van der Waals surface area (Å²) in [6.45, 7) is 1.80. The van der Waals surface area contributed by atoms with E-state index in [1.807, 2.05) is 0 Å². The highest BCUT2D eigenvalue weighted by molar-refractivity contribution is 5.53. The topological polar surface area (TPSA) is 61.0 Å². The zero-order valence-corrected chi connectivity index (χ0v) is 8.64. The summed E-state index contributed by atoms with van der Waals surface area (Å²) in [4.78, 5) is 0. The molecule has 2 rings (SSSR count). The van der Waals surface area contributed by atoms with Crippen molar-refractivity contribution in [3.63, 3.8) is 0 Å². The molecule has 0 unspecified atom stereocenters. The molecule has 4 nitrogen and oxygen atoms in total. The molecular weight excluding hydrogens is 209 g/mol. The number of hydrogen-bond acceptors (Lipinski definition) is 4. The Kier molecular flexibility index (Phi) is 2.68. The lowest BCUT2D eigenvalue weighted by Gasteiger charge is -2.07. The van der Waals surface area contributed by atoms with Crippen LogP contribution in [0.25, 0.3) is 0 Å². The molecule has 0 aliphatic rings. The summed E-state index contributed by atoms with van der Waals surface area (Å²) in [5.74, 6) is -0.342. The Morgan fingerprint density at radius 2 is 2.00 bits per heavy atom. The lowest BCUT2D eigenvalue weighted by atomic mass is 10.3. The largest absolute Gasteiger partial charge is 0.432 e. The second kappa shape index (κ2) is 4.14. The Morgan fingerprint density at radius 1 is 1.19 bits per heavy atom. The number of ether oxygens (including phenoxy) is 1. The monoisotopic (exact) mass is 219 g/mol. The van der Waals surface area contributed by atoms with Crippen LogP contribution in [-0.4, -0.2) is 10.2 Å². The van der Waals surface area contributed by atoms with Gasteiger partial charge in [-0.25, -0.2) is 4.39 Å². The van der Waals surface area contributed by atoms with Crippen LogP contribution in [0.4, 0.5) is 10.1 Å². The van der Waals surface area contributed by atoms with Gasteiger partial charge in [0.1, 0.15) is 0 Å². The van der Waals surface area contributed by atoms with Gasteiger partial charge in [0.25, 0.3) is 0 Å². The van der Waals surface area contributed by atoms with Crippen molar-refractivity contribution in [2.45, 2.75) is 6.92 Å². The third-order valence-electron chi connectivity index (χ3n) is 1.98. The van der Waals surface area contributed by atoms with Crippen LogP contribution in [0.1, 0.15) is 5.69 Å². The first-order valence-electron chi connectivity index (χ1n) is 4.69. The minimum absolute atomic E-state index is 0.0272. The highest BCUT2D eigenvalue weighted by Crippen LogP contribution is 2.28. The van der Waals surface area contributed by atoms with Gasteiger partial charge >= 0.3 is 0 Å². The summed E-state index contributed by atoms with van der Waals surface area (Å²) < 4.78 is 18.6. The fourth-order valence-electron chi connectivity index (χ4n) is 1.18. The zero-order valence-electron chi connectivity index (χ0n) is 8.64. The number of rotatable bonds is 2. The molecule has 0 bridgehead atoms. The number of para-hydroxylation sites is 1. The molecule has 0 fully saturated rings. The molecule has 0 saturated carbocycles. The summed E-state index contributed by atoms with van der Waals surface area (Å²) >= 11 is 0. The predicted molar refractivity (Wildman–Crippen MR) is 57.7 cm³/mol. The maximum Gasteiger partial charge on any atom is 0.239 e. The number of aryl methyl sites for hydroxylation is 1. The summed E-state index contributed by atoms with van der Waals surface area (Å²) in [6.07, 6.45) is 0. The minimum atomic E-state index is -0.526. The van der Waals surface area contributed by atoms with Gasteiger partial charge in [0, 0.05) is 6.07 Å². The van der Waals surface area contributed by atoms with Gasteiger partial charge in [-0.15, -0.1) is 5.10 Å². The number of nitrogens with two attached hydrogens (primary N) is 1. The lowest BCUT2D eigenvalue weighted by molar-refractivity contribution is 0.423. The standard InChI is InChI=1S/C11H10FN3O/c1-7-5-6-10(15-14-7)16-11-8(12)3-2-4-9(11)13/h2-6H,13H2,1H3. The molecule has 1 aromatic heterocycles. The first-order chi connectivity index (χ1) is 7.66. The zero-order chi connectivity index (χ0) is 11.5. The number of nitrogen functional groups attached to an aromatic ring is 1. The van der Waals surface area contributed by atoms with E-state index in [2.05, 4.69) is 10.2 Å². The molecule has 0 aliphatic carbocycles. The molecule has 0 spiro atoms. The lowest BCUT2D eigenvalue weighted by Crippen LogP contribution is -1.97. The number of hydrogen-bond donors (Lipinski definition) is 1. The third-order valence-corrected chi connectivity index (χ3v) is 1.98. The Hall–Kier alpha value is -2.17. The molecule has 5 heteroatoms. The molecule has 0 saturated heterocycles. The smallest absolute Gasteiger partial charge is 0.239 e. The summed E-state index contributed by atoms with van der Waals surface area (Å²) in [7, 11) is 0. The van der Waals surface area contributed by atoms with Crippen LogP contribution >= 0.6 is 0 Å². The number of nitrogens with zero attached hydrogens (tertiary/aromatic N) is 2. The number of aromatic nitrogens is 2. The van der Waals surface area contributed by atoms with Crippen molar-refractivity contribution in [2.75, 3.05) is 5.73 Å². The van der Waals surface area contributed by atoms with Gasteiger partial charge in [-0.3, -0.25) is 0 Å². The van der Waals surface area contributed by atoms with Gasteiger partial charge in [-0.05, 0) is 25.1 Å². The Bertz CT molecular complexity index is 479. The normalized spacial score (nSPS) is 10.1. The SMILES string of the molecule is Cc1ccc(Oc2c(N)cccc2F)nn1. The molecule has 82 valence electrons. The molecule has 0 atom stereocenters. The maximum atomic E-state index is 13.4. The van der Waals surface area contributed by atoms with E-state index in [1.54, 1.807) is 25.1 Å². The van der Waals surface area contributed by atoms with Gasteiger partial charge in [-0.1, -0.05) is 6.07 Å². The molecule has 16 heavy (non-hydrogen) atoms. The van der Waals surface area contributed by atoms with Crippen molar-refractivity contribution in [2.24, 2.45) is 0 Å². The quantitative estimate of drug-likeness (QED) is 0.787. The van der Waals surface area contributed by atoms with Crippen molar-refractivity contribution in [3.05, 3.63) is 41.8 Å². The fourth-order valence-corrected chi connectivity index (χ4v) is 1.18. The van der Waals surface area contributed by atoms with Crippen LogP contribution in [0.2, 0.25) is 0 Å². The molecular formula is C11H10FN3O. The highest BCUT2D eigenvalue weighted by atomic mass is 19.1. The maximum absolute atomic E-state index is 13.4. The van der Waals surface area contributed by atoms with Crippen LogP contribution in [0.5, 0.6) is 11.6 Å². The molecule has 0 amide bonds. The summed E-state index contributed by atoms with van der Waals surface area (Å²) in [5, 5.41) is 7.56. The van der Waals surface area contributed by atoms with Gasteiger partial charge in [0.15, 0.2) is 11.6 Å². The Morgan fingerprint density at radius 3 is 2.62 bits per heavy atom. The van der Waals surface area contributed by atoms with Gasteiger partial charge in [0.2, 0.25) is 5.88 Å². The van der Waals surface area contributed by atoms with Crippen molar-refractivity contribution in [1.29, 1.82) is 0 Å². The molecule has 1 heterocycles. The van der Waals surface area contributed by atoms with E-state index in [-0.39, 0.29) is 17.3 Å². The van der Waals surface area contributed by atoms with Crippen molar-refractivity contribution in [3.8, 4) is 11.6 Å². The molecule has 1 aromatic carbocycles. The summed E-state index contributed by atoms with van der Waals surface area (Å²) in [6, 6.07) is 7.67. The van der Waals surface area contributed by atoms with Crippen LogP contribution in [-0.2, 0) is 0 Å². The predicted octanol–water partition coefficient (Wildman–Crippen LogP) is 2.30. The van der Waals surface area contributed by atoms with E-state index in [0.717, 1.165) is 5.69 Å². The second-order valence-corrected chi connectivity index (χ2v) is 3.27. The Balaban J connectivity index is 2.30. The molecule has 2 aromatic rings.